The number of nitrogens with one attached hydrogen (secondary N) is 1. The molecule has 2 rings (SSSR count). The Morgan fingerprint density at radius 3 is 2.88 bits per heavy atom. The van der Waals surface area contributed by atoms with Crippen molar-refractivity contribution in [1.29, 1.82) is 0 Å². The van der Waals surface area contributed by atoms with Crippen LogP contribution in [0.15, 0.2) is 30.6 Å². The fourth-order valence-electron chi connectivity index (χ4n) is 1.74. The van der Waals surface area contributed by atoms with Crippen molar-refractivity contribution in [3.05, 3.63) is 41.7 Å². The number of aromatic nitrogens is 2. The highest BCUT2D eigenvalue weighted by molar-refractivity contribution is 5.56. The Labute approximate surface area is 101 Å². The summed E-state index contributed by atoms with van der Waals surface area (Å²) >= 11 is 0. The molecule has 0 saturated carbocycles. The van der Waals surface area contributed by atoms with E-state index in [-0.39, 0.29) is 0 Å². The minimum atomic E-state index is 0.836. The van der Waals surface area contributed by atoms with Crippen LogP contribution in [0.2, 0.25) is 0 Å². The summed E-state index contributed by atoms with van der Waals surface area (Å²) in [6, 6.07) is 6.01. The molecule has 1 aromatic heterocycles. The lowest BCUT2D eigenvalue weighted by Gasteiger charge is -2.07. The van der Waals surface area contributed by atoms with E-state index in [4.69, 9.17) is 5.73 Å². The first kappa shape index (κ1) is 11.5. The molecule has 0 unspecified atom stereocenters. The van der Waals surface area contributed by atoms with Gasteiger partial charge in [0.25, 0.3) is 0 Å². The van der Waals surface area contributed by atoms with Gasteiger partial charge in [-0.15, -0.1) is 0 Å². The molecule has 0 aliphatic heterocycles. The van der Waals surface area contributed by atoms with Gasteiger partial charge in [-0.3, -0.25) is 4.68 Å². The van der Waals surface area contributed by atoms with E-state index in [1.54, 1.807) is 0 Å². The Kier molecular flexibility index (Phi) is 3.32. The van der Waals surface area contributed by atoms with Crippen LogP contribution in [0.5, 0.6) is 0 Å². The van der Waals surface area contributed by atoms with E-state index in [0.29, 0.717) is 0 Å². The van der Waals surface area contributed by atoms with Crippen molar-refractivity contribution in [2.45, 2.75) is 13.3 Å². The molecule has 0 radical (unpaired) electrons. The minimum Gasteiger partial charge on any atom is -0.399 e. The van der Waals surface area contributed by atoms with Gasteiger partial charge in [0.15, 0.2) is 0 Å². The molecule has 0 bridgehead atoms. The van der Waals surface area contributed by atoms with Crippen LogP contribution >= 0.6 is 0 Å². The highest BCUT2D eigenvalue weighted by Gasteiger charge is 1.98. The van der Waals surface area contributed by atoms with Crippen LogP contribution in [0.4, 0.5) is 11.4 Å². The van der Waals surface area contributed by atoms with Crippen LogP contribution in [0.25, 0.3) is 0 Å². The molecule has 0 aliphatic rings. The van der Waals surface area contributed by atoms with E-state index in [1.165, 1.54) is 5.56 Å². The Bertz CT molecular complexity index is 502. The van der Waals surface area contributed by atoms with Gasteiger partial charge in [-0.1, -0.05) is 0 Å². The van der Waals surface area contributed by atoms with Crippen molar-refractivity contribution < 1.29 is 0 Å². The fourth-order valence-corrected chi connectivity index (χ4v) is 1.74. The molecule has 0 atom stereocenters. The normalized spacial score (nSPS) is 10.5. The summed E-state index contributed by atoms with van der Waals surface area (Å²) in [5.74, 6) is 0. The summed E-state index contributed by atoms with van der Waals surface area (Å²) in [5.41, 5.74) is 10.1. The Morgan fingerprint density at radius 2 is 2.24 bits per heavy atom. The predicted molar refractivity (Wildman–Crippen MR) is 71.0 cm³/mol. The van der Waals surface area contributed by atoms with Crippen molar-refractivity contribution in [3.8, 4) is 0 Å². The molecule has 3 N–H and O–H groups in total. The van der Waals surface area contributed by atoms with Gasteiger partial charge >= 0.3 is 0 Å². The van der Waals surface area contributed by atoms with Gasteiger partial charge in [-0.05, 0) is 42.7 Å². The molecular formula is C13H18N4. The van der Waals surface area contributed by atoms with E-state index in [9.17, 15) is 0 Å². The summed E-state index contributed by atoms with van der Waals surface area (Å²) < 4.78 is 1.82. The number of nitrogens with two attached hydrogens (primary N) is 1. The zero-order valence-corrected chi connectivity index (χ0v) is 10.3. The maximum Gasteiger partial charge on any atom is 0.0522 e. The average Bonchev–Trinajstić information content (AvgIpc) is 2.70. The summed E-state index contributed by atoms with van der Waals surface area (Å²) in [6.07, 6.45) is 4.91. The van der Waals surface area contributed by atoms with E-state index >= 15 is 0 Å². The van der Waals surface area contributed by atoms with E-state index < -0.39 is 0 Å². The second-order valence-corrected chi connectivity index (χ2v) is 4.27. The smallest absolute Gasteiger partial charge is 0.0522 e. The van der Waals surface area contributed by atoms with Gasteiger partial charge < -0.3 is 11.1 Å². The van der Waals surface area contributed by atoms with Gasteiger partial charge in [0, 0.05) is 31.2 Å². The summed E-state index contributed by atoms with van der Waals surface area (Å²) in [4.78, 5) is 0. The monoisotopic (exact) mass is 230 g/mol. The first-order chi connectivity index (χ1) is 8.15. The molecule has 0 aliphatic carbocycles. The number of nitrogens with zero attached hydrogens (tertiary/aromatic N) is 2. The number of hydrogen-bond donors (Lipinski definition) is 2. The van der Waals surface area contributed by atoms with Gasteiger partial charge in [0.05, 0.1) is 6.20 Å². The van der Waals surface area contributed by atoms with Gasteiger partial charge in [-0.25, -0.2) is 0 Å². The highest BCUT2D eigenvalue weighted by atomic mass is 15.2. The van der Waals surface area contributed by atoms with Crippen LogP contribution in [-0.4, -0.2) is 16.3 Å². The van der Waals surface area contributed by atoms with Crippen molar-refractivity contribution in [2.24, 2.45) is 7.05 Å². The first-order valence-electron chi connectivity index (χ1n) is 5.72. The van der Waals surface area contributed by atoms with Gasteiger partial charge in [0.1, 0.15) is 0 Å². The molecule has 1 aromatic carbocycles. The zero-order valence-electron chi connectivity index (χ0n) is 10.3. The molecular weight excluding hydrogens is 212 g/mol. The van der Waals surface area contributed by atoms with Crippen molar-refractivity contribution in [3.63, 3.8) is 0 Å². The van der Waals surface area contributed by atoms with E-state index in [2.05, 4.69) is 16.5 Å². The fraction of sp³-hybridized carbons (Fsp3) is 0.308. The third kappa shape index (κ3) is 3.00. The Morgan fingerprint density at radius 1 is 1.41 bits per heavy atom. The average molecular weight is 230 g/mol. The number of rotatable bonds is 4. The molecule has 90 valence electrons. The van der Waals surface area contributed by atoms with Crippen molar-refractivity contribution in [2.75, 3.05) is 17.6 Å². The quantitative estimate of drug-likeness (QED) is 0.789. The summed E-state index contributed by atoms with van der Waals surface area (Å²) in [5, 5.41) is 7.52. The third-order valence-corrected chi connectivity index (χ3v) is 2.77. The summed E-state index contributed by atoms with van der Waals surface area (Å²) in [7, 11) is 1.93. The van der Waals surface area contributed by atoms with Gasteiger partial charge in [-0.2, -0.15) is 5.10 Å². The lowest BCUT2D eigenvalue weighted by molar-refractivity contribution is 0.767. The second kappa shape index (κ2) is 4.91. The van der Waals surface area contributed by atoms with Crippen LogP contribution < -0.4 is 11.1 Å². The number of aryl methyl sites for hydroxylation is 2. The Hall–Kier alpha value is -1.97. The molecule has 0 saturated heterocycles. The SMILES string of the molecule is Cc1cc(NCCc2cnn(C)c2)ccc1N. The first-order valence-corrected chi connectivity index (χ1v) is 5.72. The van der Waals surface area contributed by atoms with Gasteiger partial charge in [0.2, 0.25) is 0 Å². The molecule has 0 amide bonds. The lowest BCUT2D eigenvalue weighted by atomic mass is 10.2. The molecule has 0 spiro atoms. The number of benzene rings is 1. The molecule has 17 heavy (non-hydrogen) atoms. The van der Waals surface area contributed by atoms with Crippen molar-refractivity contribution in [1.82, 2.24) is 9.78 Å². The molecule has 4 nitrogen and oxygen atoms in total. The minimum absolute atomic E-state index is 0.836. The van der Waals surface area contributed by atoms with E-state index in [1.807, 2.05) is 43.2 Å². The predicted octanol–water partition coefficient (Wildman–Crippen LogP) is 1.97. The second-order valence-electron chi connectivity index (χ2n) is 4.27. The maximum atomic E-state index is 5.77. The standard InChI is InChI=1S/C13H18N4/c1-10-7-12(3-4-13(10)14)15-6-5-11-8-16-17(2)9-11/h3-4,7-9,15H,5-6,14H2,1-2H3. The number of anilines is 2. The van der Waals surface area contributed by atoms with Crippen molar-refractivity contribution >= 4 is 11.4 Å². The summed E-state index contributed by atoms with van der Waals surface area (Å²) in [6.45, 7) is 2.91. The molecule has 1 heterocycles. The zero-order chi connectivity index (χ0) is 12.3. The third-order valence-electron chi connectivity index (χ3n) is 2.77. The molecule has 0 fully saturated rings. The largest absolute Gasteiger partial charge is 0.399 e. The number of nitrogen functional groups attached to an aromatic ring is 1. The number of hydrogen-bond acceptors (Lipinski definition) is 3. The highest BCUT2D eigenvalue weighted by Crippen LogP contribution is 2.16. The Balaban J connectivity index is 1.87. The van der Waals surface area contributed by atoms with Crippen LogP contribution in [0, 0.1) is 6.92 Å². The van der Waals surface area contributed by atoms with Crippen LogP contribution in [0.1, 0.15) is 11.1 Å². The topological polar surface area (TPSA) is 55.9 Å². The van der Waals surface area contributed by atoms with Crippen LogP contribution in [0.3, 0.4) is 0 Å². The molecule has 2 aromatic rings. The molecule has 4 heteroatoms. The van der Waals surface area contributed by atoms with E-state index in [0.717, 1.165) is 29.9 Å². The van der Waals surface area contributed by atoms with Crippen LogP contribution in [-0.2, 0) is 13.5 Å². The maximum absolute atomic E-state index is 5.77. The lowest BCUT2D eigenvalue weighted by Crippen LogP contribution is -2.04.